The molecule has 1 amide bonds. The molecule has 0 aliphatic rings. The van der Waals surface area contributed by atoms with Crippen molar-refractivity contribution in [3.05, 3.63) is 71.1 Å². The third-order valence-corrected chi connectivity index (χ3v) is 3.46. The summed E-state index contributed by atoms with van der Waals surface area (Å²) in [6.07, 6.45) is 0.998. The van der Waals surface area contributed by atoms with Crippen LogP contribution in [0.3, 0.4) is 0 Å². The topological polar surface area (TPSA) is 68.5 Å². The van der Waals surface area contributed by atoms with E-state index >= 15 is 0 Å². The van der Waals surface area contributed by atoms with Crippen molar-refractivity contribution in [1.82, 2.24) is 0 Å². The zero-order valence-electron chi connectivity index (χ0n) is 13.0. The SMILES string of the molecule is O=C(CCCOc1ccccc1)Nc1ccc2oc(=O)ccc2c1. The van der Waals surface area contributed by atoms with Crippen LogP contribution in [0, 0.1) is 0 Å². The van der Waals surface area contributed by atoms with Crippen molar-refractivity contribution in [3.8, 4) is 5.75 Å². The zero-order valence-corrected chi connectivity index (χ0v) is 13.0. The molecule has 0 radical (unpaired) electrons. The van der Waals surface area contributed by atoms with Gasteiger partial charge in [0.25, 0.3) is 0 Å². The predicted molar refractivity (Wildman–Crippen MR) is 92.3 cm³/mol. The van der Waals surface area contributed by atoms with Crippen molar-refractivity contribution in [1.29, 1.82) is 0 Å². The van der Waals surface area contributed by atoms with Gasteiger partial charge in [-0.1, -0.05) is 18.2 Å². The molecule has 5 heteroatoms. The molecule has 0 aliphatic carbocycles. The minimum atomic E-state index is -0.391. The lowest BCUT2D eigenvalue weighted by Gasteiger charge is -2.07. The van der Waals surface area contributed by atoms with Crippen LogP contribution in [0.5, 0.6) is 5.75 Å². The van der Waals surface area contributed by atoms with E-state index in [1.54, 1.807) is 24.3 Å². The molecule has 1 heterocycles. The van der Waals surface area contributed by atoms with Gasteiger partial charge in [0.1, 0.15) is 11.3 Å². The van der Waals surface area contributed by atoms with Crippen LogP contribution in [0.4, 0.5) is 5.69 Å². The van der Waals surface area contributed by atoms with Gasteiger partial charge in [0.05, 0.1) is 6.61 Å². The summed E-state index contributed by atoms with van der Waals surface area (Å²) < 4.78 is 10.6. The fraction of sp³-hybridized carbons (Fsp3) is 0.158. The fourth-order valence-electron chi connectivity index (χ4n) is 2.31. The van der Waals surface area contributed by atoms with Crippen LogP contribution in [-0.2, 0) is 4.79 Å². The van der Waals surface area contributed by atoms with Crippen molar-refractivity contribution >= 4 is 22.6 Å². The number of rotatable bonds is 6. The third kappa shape index (κ3) is 4.23. The molecule has 3 aromatic rings. The Bertz CT molecular complexity index is 887. The van der Waals surface area contributed by atoms with Crippen molar-refractivity contribution in [2.45, 2.75) is 12.8 Å². The lowest BCUT2D eigenvalue weighted by Crippen LogP contribution is -2.12. The number of anilines is 1. The van der Waals surface area contributed by atoms with E-state index < -0.39 is 5.63 Å². The third-order valence-electron chi connectivity index (χ3n) is 3.46. The Hall–Kier alpha value is -3.08. The van der Waals surface area contributed by atoms with Crippen LogP contribution in [0.15, 0.2) is 69.9 Å². The number of hydrogen-bond donors (Lipinski definition) is 1. The lowest BCUT2D eigenvalue weighted by atomic mass is 10.2. The van der Waals surface area contributed by atoms with Crippen LogP contribution in [-0.4, -0.2) is 12.5 Å². The Morgan fingerprint density at radius 2 is 1.88 bits per heavy atom. The molecule has 0 aliphatic heterocycles. The number of carbonyl (C=O) groups is 1. The highest BCUT2D eigenvalue weighted by molar-refractivity contribution is 5.93. The van der Waals surface area contributed by atoms with Gasteiger partial charge in [0.2, 0.25) is 5.91 Å². The average Bonchev–Trinajstić information content (AvgIpc) is 2.60. The summed E-state index contributed by atoms with van der Waals surface area (Å²) >= 11 is 0. The number of carbonyl (C=O) groups excluding carboxylic acids is 1. The van der Waals surface area contributed by atoms with Gasteiger partial charge in [-0.3, -0.25) is 4.79 Å². The fourth-order valence-corrected chi connectivity index (χ4v) is 2.31. The van der Waals surface area contributed by atoms with E-state index in [1.807, 2.05) is 30.3 Å². The summed E-state index contributed by atoms with van der Waals surface area (Å²) in [6, 6.07) is 17.7. The maximum absolute atomic E-state index is 12.0. The number of hydrogen-bond acceptors (Lipinski definition) is 4. The van der Waals surface area contributed by atoms with Crippen LogP contribution in [0.1, 0.15) is 12.8 Å². The molecule has 3 rings (SSSR count). The zero-order chi connectivity index (χ0) is 16.8. The summed E-state index contributed by atoms with van der Waals surface area (Å²) in [4.78, 5) is 23.1. The van der Waals surface area contributed by atoms with Gasteiger partial charge >= 0.3 is 5.63 Å². The van der Waals surface area contributed by atoms with Crippen molar-refractivity contribution < 1.29 is 13.9 Å². The van der Waals surface area contributed by atoms with Gasteiger partial charge in [-0.15, -0.1) is 0 Å². The van der Waals surface area contributed by atoms with E-state index in [2.05, 4.69) is 5.32 Å². The molecular formula is C19H17NO4. The van der Waals surface area contributed by atoms with Gasteiger partial charge in [-0.25, -0.2) is 4.79 Å². The van der Waals surface area contributed by atoms with Gasteiger partial charge < -0.3 is 14.5 Å². The molecule has 122 valence electrons. The maximum atomic E-state index is 12.0. The van der Waals surface area contributed by atoms with Crippen molar-refractivity contribution in [2.24, 2.45) is 0 Å². The molecule has 1 N–H and O–H groups in total. The molecule has 0 unspecified atom stereocenters. The quantitative estimate of drug-likeness (QED) is 0.556. The first-order chi connectivity index (χ1) is 11.7. The van der Waals surface area contributed by atoms with Gasteiger partial charge in [-0.05, 0) is 42.8 Å². The molecule has 0 saturated carbocycles. The summed E-state index contributed by atoms with van der Waals surface area (Å²) in [7, 11) is 0. The lowest BCUT2D eigenvalue weighted by molar-refractivity contribution is -0.116. The second-order valence-corrected chi connectivity index (χ2v) is 5.32. The van der Waals surface area contributed by atoms with Crippen LogP contribution in [0.25, 0.3) is 11.0 Å². The van der Waals surface area contributed by atoms with Crippen molar-refractivity contribution in [3.63, 3.8) is 0 Å². The second kappa shape index (κ2) is 7.46. The molecule has 5 nitrogen and oxygen atoms in total. The van der Waals surface area contributed by atoms with E-state index in [0.29, 0.717) is 30.7 Å². The first-order valence-electron chi connectivity index (χ1n) is 7.72. The molecule has 0 atom stereocenters. The normalized spacial score (nSPS) is 10.5. The molecule has 24 heavy (non-hydrogen) atoms. The molecular weight excluding hydrogens is 306 g/mol. The Labute approximate surface area is 138 Å². The second-order valence-electron chi connectivity index (χ2n) is 5.32. The molecule has 0 fully saturated rings. The number of fused-ring (bicyclic) bond motifs is 1. The Morgan fingerprint density at radius 3 is 2.71 bits per heavy atom. The summed E-state index contributed by atoms with van der Waals surface area (Å²) in [5, 5.41) is 3.60. The van der Waals surface area contributed by atoms with Crippen LogP contribution < -0.4 is 15.7 Å². The van der Waals surface area contributed by atoms with Gasteiger partial charge in [0.15, 0.2) is 0 Å². The van der Waals surface area contributed by atoms with Crippen LogP contribution in [0.2, 0.25) is 0 Å². The minimum absolute atomic E-state index is 0.0802. The highest BCUT2D eigenvalue weighted by Crippen LogP contribution is 2.18. The minimum Gasteiger partial charge on any atom is -0.494 e. The molecule has 0 spiro atoms. The highest BCUT2D eigenvalue weighted by atomic mass is 16.5. The summed E-state index contributed by atoms with van der Waals surface area (Å²) in [6.45, 7) is 0.486. The Balaban J connectivity index is 1.49. The number of para-hydroxylation sites is 1. The van der Waals surface area contributed by atoms with Crippen LogP contribution >= 0.6 is 0 Å². The maximum Gasteiger partial charge on any atom is 0.336 e. The van der Waals surface area contributed by atoms with Crippen molar-refractivity contribution in [2.75, 3.05) is 11.9 Å². The van der Waals surface area contributed by atoms with E-state index in [-0.39, 0.29) is 5.91 Å². The molecule has 0 bridgehead atoms. The molecule has 1 aromatic heterocycles. The Kier molecular flexibility index (Phi) is 4.91. The van der Waals surface area contributed by atoms with E-state index in [4.69, 9.17) is 9.15 Å². The first-order valence-corrected chi connectivity index (χ1v) is 7.72. The number of amides is 1. The largest absolute Gasteiger partial charge is 0.494 e. The smallest absolute Gasteiger partial charge is 0.336 e. The number of nitrogens with one attached hydrogen (secondary N) is 1. The van der Waals surface area contributed by atoms with E-state index in [1.165, 1.54) is 6.07 Å². The standard InChI is InChI=1S/C19H17NO4/c21-18(7-4-12-23-16-5-2-1-3-6-16)20-15-9-10-17-14(13-15)8-11-19(22)24-17/h1-3,5-6,8-11,13H,4,7,12H2,(H,20,21). The monoisotopic (exact) mass is 323 g/mol. The van der Waals surface area contributed by atoms with Gasteiger partial charge in [-0.2, -0.15) is 0 Å². The highest BCUT2D eigenvalue weighted by Gasteiger charge is 2.04. The van der Waals surface area contributed by atoms with E-state index in [0.717, 1.165) is 11.1 Å². The number of benzene rings is 2. The first kappa shape index (κ1) is 15.8. The van der Waals surface area contributed by atoms with E-state index in [9.17, 15) is 9.59 Å². The predicted octanol–water partition coefficient (Wildman–Crippen LogP) is 3.59. The molecule has 0 saturated heterocycles. The summed E-state index contributed by atoms with van der Waals surface area (Å²) in [5.41, 5.74) is 0.778. The summed E-state index contributed by atoms with van der Waals surface area (Å²) in [5.74, 6) is 0.720. The Morgan fingerprint density at radius 1 is 1.04 bits per heavy atom. The average molecular weight is 323 g/mol. The number of ether oxygens (including phenoxy) is 1. The molecule has 2 aromatic carbocycles. The van der Waals surface area contributed by atoms with Gasteiger partial charge in [0, 0.05) is 23.6 Å².